The van der Waals surface area contributed by atoms with E-state index in [-0.39, 0.29) is 76.7 Å². The number of carboxylic acid groups (broad SMARTS) is 1. The summed E-state index contributed by atoms with van der Waals surface area (Å²) in [5.74, 6) is -0.833. The van der Waals surface area contributed by atoms with E-state index in [9.17, 15) is 0 Å². The van der Waals surface area contributed by atoms with Crippen molar-refractivity contribution in [1.82, 2.24) is 0 Å². The molecular weight excluding hydrogens is 293 g/mol. The molecule has 0 aromatic carbocycles. The second-order valence-corrected chi connectivity index (χ2v) is 1.61. The van der Waals surface area contributed by atoms with Crippen LogP contribution in [0.4, 0.5) is 0 Å². The van der Waals surface area contributed by atoms with Crippen LogP contribution in [0.1, 0.15) is 20.8 Å². The summed E-state index contributed by atoms with van der Waals surface area (Å²) in [4.78, 5) is 9.00. The Balaban J connectivity index is -0.0000000300. The maximum atomic E-state index is 9.00. The summed E-state index contributed by atoms with van der Waals surface area (Å²) in [6.07, 6.45) is -0.167. The first kappa shape index (κ1) is 22.6. The smallest absolute Gasteiger partial charge is 0 e. The second-order valence-electron chi connectivity index (χ2n) is 1.61. The molecule has 0 saturated heterocycles. The van der Waals surface area contributed by atoms with Gasteiger partial charge in [0, 0.05) is 34.7 Å². The fraction of sp³-hybridized carbons (Fsp3) is 0.800. The van der Waals surface area contributed by atoms with Crippen LogP contribution in [0.25, 0.3) is 0 Å². The predicted octanol–water partition coefficient (Wildman–Crippen LogP) is -0.441. The minimum atomic E-state index is -0.833. The normalized spacial score (nSPS) is 6.10. The number of hydrogen-bond acceptors (Lipinski definition) is 2. The van der Waals surface area contributed by atoms with E-state index in [0.717, 1.165) is 6.92 Å². The van der Waals surface area contributed by atoms with Gasteiger partial charge in [-0.3, -0.25) is 4.79 Å². The molecule has 0 unspecified atom stereocenters. The number of aliphatic hydroxyl groups is 1. The third kappa shape index (κ3) is 251. The zero-order chi connectivity index (χ0) is 7.15. The van der Waals surface area contributed by atoms with Crippen molar-refractivity contribution in [3.8, 4) is 0 Å². The molecule has 0 rings (SSSR count). The Hall–Kier alpha value is 1.72. The van der Waals surface area contributed by atoms with Crippen molar-refractivity contribution in [2.24, 2.45) is 0 Å². The van der Waals surface area contributed by atoms with E-state index in [1.165, 1.54) is 0 Å². The second kappa shape index (κ2) is 17.0. The minimum Gasteiger partial charge on any atom is 0 e. The molecule has 0 aliphatic carbocycles. The maximum Gasteiger partial charge on any atom is 0 e. The molecule has 0 aliphatic rings. The Morgan fingerprint density at radius 2 is 1.40 bits per heavy atom. The monoisotopic (exact) mass is 308 g/mol. The van der Waals surface area contributed by atoms with Gasteiger partial charge in [-0.1, -0.05) is 0 Å². The summed E-state index contributed by atoms with van der Waals surface area (Å²) < 4.78 is 0. The van der Waals surface area contributed by atoms with Gasteiger partial charge in [-0.15, -0.1) is 0 Å². The molecule has 10 heavy (non-hydrogen) atoms. The molecule has 5 heteroatoms. The predicted molar refractivity (Wildman–Crippen MR) is 39.2 cm³/mol. The molecule has 0 aromatic heterocycles. The molecule has 0 amide bonds. The van der Waals surface area contributed by atoms with Gasteiger partial charge in [-0.2, -0.15) is 0 Å². The Bertz CT molecular complexity index is 61.2. The van der Waals surface area contributed by atoms with E-state index in [2.05, 4.69) is 0 Å². The zero-order valence-electron chi connectivity index (χ0n) is 5.88. The molecule has 0 fully saturated rings. The third-order valence-corrected chi connectivity index (χ3v) is 0. The van der Waals surface area contributed by atoms with E-state index in [4.69, 9.17) is 15.0 Å². The van der Waals surface area contributed by atoms with Crippen LogP contribution in [0, 0.1) is 0 Å². The van der Waals surface area contributed by atoms with Crippen LogP contribution in [0.15, 0.2) is 0 Å². The molecule has 2 N–H and O–H groups in total. The van der Waals surface area contributed by atoms with Gasteiger partial charge < -0.3 is 10.2 Å². The van der Waals surface area contributed by atoms with Gasteiger partial charge in [0.05, 0.1) is 0 Å². The summed E-state index contributed by atoms with van der Waals surface area (Å²) >= 11 is 0. The molecule has 0 atom stereocenters. The van der Waals surface area contributed by atoms with Crippen LogP contribution in [-0.4, -0.2) is 71.2 Å². The molecule has 0 aliphatic heterocycles. The Labute approximate surface area is 117 Å². The third-order valence-electron chi connectivity index (χ3n) is 0. The number of aliphatic hydroxyl groups excluding tert-OH is 1. The van der Waals surface area contributed by atoms with E-state index in [1.54, 1.807) is 13.8 Å². The van der Waals surface area contributed by atoms with Gasteiger partial charge in [0.15, 0.2) is 0 Å². The van der Waals surface area contributed by atoms with Crippen LogP contribution < -0.4 is 0 Å². The molecule has 0 bridgehead atoms. The molecule has 58 valence electrons. The van der Waals surface area contributed by atoms with Crippen LogP contribution in [-0.2, 0) is 26.5 Å². The Kier molecular flexibility index (Phi) is 38.4. The summed E-state index contributed by atoms with van der Waals surface area (Å²) in [6.45, 7) is 4.53. The first-order valence-corrected chi connectivity index (χ1v) is 2.34. The number of rotatable bonds is 0. The first-order chi connectivity index (χ1) is 3.46. The molecule has 3 nitrogen and oxygen atoms in total. The van der Waals surface area contributed by atoms with Crippen LogP contribution in [0.3, 0.4) is 0 Å². The standard InChI is InChI=1S/C3H8O.C2H4O2.Ba.Ti.2H/c1-3(2)4;1-2(3)4;;;;/h3-4H,1-2H3;1H3,(H,3,4);;;;. The van der Waals surface area contributed by atoms with Gasteiger partial charge in [-0.25, -0.2) is 0 Å². The zero-order valence-corrected chi connectivity index (χ0v) is 7.44. The van der Waals surface area contributed by atoms with E-state index in [0.29, 0.717) is 0 Å². The van der Waals surface area contributed by atoms with Crippen molar-refractivity contribution in [3.63, 3.8) is 0 Å². The largest absolute Gasteiger partial charge is 0 e. The topological polar surface area (TPSA) is 57.5 Å². The van der Waals surface area contributed by atoms with E-state index in [1.807, 2.05) is 0 Å². The molecular formula is C5H14BaO3Ti. The van der Waals surface area contributed by atoms with Crippen LogP contribution >= 0.6 is 0 Å². The Morgan fingerprint density at radius 3 is 1.40 bits per heavy atom. The number of carboxylic acids is 1. The maximum absolute atomic E-state index is 9.00. The molecule has 0 aromatic rings. The number of carbonyl (C=O) groups is 1. The Morgan fingerprint density at radius 1 is 1.40 bits per heavy atom. The molecule has 0 saturated carbocycles. The average Bonchev–Trinajstić information content (AvgIpc) is 1.25. The molecule has 0 radical (unpaired) electrons. The van der Waals surface area contributed by atoms with Gasteiger partial charge >= 0.3 is 48.9 Å². The fourth-order valence-corrected chi connectivity index (χ4v) is 0. The van der Waals surface area contributed by atoms with Crippen molar-refractivity contribution < 1.29 is 36.7 Å². The van der Waals surface area contributed by atoms with E-state index >= 15 is 0 Å². The molecule has 0 spiro atoms. The van der Waals surface area contributed by atoms with Gasteiger partial charge in [0.1, 0.15) is 0 Å². The summed E-state index contributed by atoms with van der Waals surface area (Å²) in [5.41, 5.74) is 0. The van der Waals surface area contributed by atoms with Crippen molar-refractivity contribution in [2.45, 2.75) is 26.9 Å². The quantitative estimate of drug-likeness (QED) is 0.597. The van der Waals surface area contributed by atoms with Crippen molar-refractivity contribution >= 4 is 54.9 Å². The number of hydrogen-bond donors (Lipinski definition) is 2. The van der Waals surface area contributed by atoms with Crippen LogP contribution in [0.2, 0.25) is 0 Å². The van der Waals surface area contributed by atoms with Gasteiger partial charge in [0.25, 0.3) is 5.97 Å². The van der Waals surface area contributed by atoms with Crippen molar-refractivity contribution in [3.05, 3.63) is 0 Å². The van der Waals surface area contributed by atoms with Gasteiger partial charge in [0.2, 0.25) is 0 Å². The summed E-state index contributed by atoms with van der Waals surface area (Å²) in [6, 6.07) is 0. The summed E-state index contributed by atoms with van der Waals surface area (Å²) in [7, 11) is 0. The minimum absolute atomic E-state index is 0. The van der Waals surface area contributed by atoms with Crippen molar-refractivity contribution in [1.29, 1.82) is 0 Å². The summed E-state index contributed by atoms with van der Waals surface area (Å²) in [5, 5.41) is 15.5. The van der Waals surface area contributed by atoms with Crippen LogP contribution in [0.5, 0.6) is 0 Å². The van der Waals surface area contributed by atoms with Crippen molar-refractivity contribution in [2.75, 3.05) is 0 Å². The van der Waals surface area contributed by atoms with Gasteiger partial charge in [-0.05, 0) is 13.8 Å². The molecule has 0 heterocycles. The SMILES string of the molecule is CC(=O)O.CC(C)O.[BaH2].[Ti]. The first-order valence-electron chi connectivity index (χ1n) is 2.34. The fourth-order valence-electron chi connectivity index (χ4n) is 0. The van der Waals surface area contributed by atoms with E-state index < -0.39 is 5.97 Å². The number of aliphatic carboxylic acids is 1. The average molecular weight is 307 g/mol.